The van der Waals surface area contributed by atoms with E-state index in [0.29, 0.717) is 38.4 Å². The highest BCUT2D eigenvalue weighted by Crippen LogP contribution is 2.37. The highest BCUT2D eigenvalue weighted by Gasteiger charge is 2.40. The number of benzene rings is 1. The molecule has 0 bridgehead atoms. The van der Waals surface area contributed by atoms with Crippen molar-refractivity contribution in [3.63, 3.8) is 0 Å². The van der Waals surface area contributed by atoms with Crippen LogP contribution in [0.1, 0.15) is 36.2 Å². The first-order valence-electron chi connectivity index (χ1n) is 9.53. The van der Waals surface area contributed by atoms with Gasteiger partial charge < -0.3 is 4.90 Å². The van der Waals surface area contributed by atoms with Crippen molar-refractivity contribution in [2.75, 3.05) is 13.1 Å². The number of piperidine rings is 1. The van der Waals surface area contributed by atoms with Crippen molar-refractivity contribution in [1.82, 2.24) is 19.2 Å². The SMILES string of the molecule is CCn1nc2n(c(=O)c1=O)C[C@H]1CCN(C(=O)Cc3ccc(C)cc3)C[C@H]21. The van der Waals surface area contributed by atoms with Gasteiger partial charge in [0.15, 0.2) is 0 Å². The molecule has 3 heterocycles. The van der Waals surface area contributed by atoms with E-state index in [1.54, 1.807) is 6.92 Å². The first kappa shape index (κ1) is 17.7. The largest absolute Gasteiger partial charge is 0.342 e. The number of nitrogens with zero attached hydrogens (tertiary/aromatic N) is 4. The molecule has 1 fully saturated rings. The third kappa shape index (κ3) is 3.11. The minimum Gasteiger partial charge on any atom is -0.342 e. The van der Waals surface area contributed by atoms with Crippen LogP contribution < -0.4 is 11.1 Å². The van der Waals surface area contributed by atoms with Gasteiger partial charge in [0.25, 0.3) is 0 Å². The normalized spacial score (nSPS) is 21.0. The number of aryl methyl sites for hydroxylation is 2. The van der Waals surface area contributed by atoms with E-state index in [1.165, 1.54) is 14.8 Å². The van der Waals surface area contributed by atoms with Crippen LogP contribution in [0.15, 0.2) is 33.9 Å². The van der Waals surface area contributed by atoms with Crippen molar-refractivity contribution >= 4 is 5.91 Å². The number of amides is 1. The molecular weight excluding hydrogens is 344 g/mol. The molecule has 1 amide bonds. The fraction of sp³-hybridized carbons (Fsp3) is 0.500. The Balaban J connectivity index is 1.56. The molecular formula is C20H24N4O3. The molecule has 2 aliphatic rings. The van der Waals surface area contributed by atoms with Crippen LogP contribution in [0.25, 0.3) is 0 Å². The fourth-order valence-corrected chi connectivity index (χ4v) is 4.18. The molecule has 0 aliphatic carbocycles. The van der Waals surface area contributed by atoms with Crippen LogP contribution in [-0.4, -0.2) is 38.2 Å². The summed E-state index contributed by atoms with van der Waals surface area (Å²) in [6.07, 6.45) is 1.21. The zero-order chi connectivity index (χ0) is 19.1. The van der Waals surface area contributed by atoms with Gasteiger partial charge in [-0.05, 0) is 31.7 Å². The highest BCUT2D eigenvalue weighted by atomic mass is 16.2. The summed E-state index contributed by atoms with van der Waals surface area (Å²) >= 11 is 0. The molecule has 7 nitrogen and oxygen atoms in total. The van der Waals surface area contributed by atoms with E-state index in [0.717, 1.165) is 12.0 Å². The van der Waals surface area contributed by atoms with Crippen molar-refractivity contribution in [3.8, 4) is 0 Å². The summed E-state index contributed by atoms with van der Waals surface area (Å²) in [6.45, 7) is 5.98. The smallest absolute Gasteiger partial charge is 0.332 e. The van der Waals surface area contributed by atoms with Gasteiger partial charge in [-0.25, -0.2) is 4.68 Å². The standard InChI is InChI=1S/C20H24N4O3/c1-3-24-20(27)19(26)23-11-15-8-9-22(12-16(15)18(23)21-24)17(25)10-14-6-4-13(2)5-7-14/h4-7,15-16H,3,8-12H2,1-2H3/t15-,16+/m1/s1. The van der Waals surface area contributed by atoms with E-state index >= 15 is 0 Å². The maximum absolute atomic E-state index is 12.8. The summed E-state index contributed by atoms with van der Waals surface area (Å²) in [4.78, 5) is 39.1. The third-order valence-electron chi connectivity index (χ3n) is 5.80. The molecule has 7 heteroatoms. The summed E-state index contributed by atoms with van der Waals surface area (Å²) in [5.74, 6) is 1.04. The minimum atomic E-state index is -0.563. The Morgan fingerprint density at radius 2 is 1.89 bits per heavy atom. The van der Waals surface area contributed by atoms with Crippen LogP contribution in [0.2, 0.25) is 0 Å². The summed E-state index contributed by atoms with van der Waals surface area (Å²) in [5.41, 5.74) is 1.13. The lowest BCUT2D eigenvalue weighted by atomic mass is 9.87. The number of hydrogen-bond donors (Lipinski definition) is 0. The molecule has 0 N–H and O–H groups in total. The van der Waals surface area contributed by atoms with Gasteiger partial charge in [0.2, 0.25) is 5.91 Å². The molecule has 1 aromatic carbocycles. The average Bonchev–Trinajstić information content (AvgIpc) is 3.04. The second kappa shape index (κ2) is 6.79. The molecule has 27 heavy (non-hydrogen) atoms. The first-order valence-corrected chi connectivity index (χ1v) is 9.53. The molecule has 1 aromatic heterocycles. The minimum absolute atomic E-state index is 0.0202. The fourth-order valence-electron chi connectivity index (χ4n) is 4.18. The lowest BCUT2D eigenvalue weighted by Crippen LogP contribution is -2.44. The number of aromatic nitrogens is 3. The number of carbonyl (C=O) groups is 1. The first-order chi connectivity index (χ1) is 13.0. The van der Waals surface area contributed by atoms with E-state index in [-0.39, 0.29) is 17.7 Å². The van der Waals surface area contributed by atoms with Crippen LogP contribution in [0, 0.1) is 12.8 Å². The number of carbonyl (C=O) groups excluding carboxylic acids is 1. The van der Waals surface area contributed by atoms with E-state index < -0.39 is 11.1 Å². The van der Waals surface area contributed by atoms with Crippen molar-refractivity contribution in [3.05, 3.63) is 61.9 Å². The zero-order valence-electron chi connectivity index (χ0n) is 15.7. The number of hydrogen-bond acceptors (Lipinski definition) is 4. The Kier molecular flexibility index (Phi) is 4.45. The van der Waals surface area contributed by atoms with Gasteiger partial charge in [-0.3, -0.25) is 19.0 Å². The van der Waals surface area contributed by atoms with Gasteiger partial charge in [-0.1, -0.05) is 29.8 Å². The van der Waals surface area contributed by atoms with Crippen LogP contribution >= 0.6 is 0 Å². The molecule has 4 rings (SSSR count). The molecule has 2 aliphatic heterocycles. The van der Waals surface area contributed by atoms with E-state index in [4.69, 9.17) is 0 Å². The van der Waals surface area contributed by atoms with Gasteiger partial charge in [0.05, 0.1) is 6.42 Å². The predicted octanol–water partition coefficient (Wildman–Crippen LogP) is 0.922. The molecule has 0 spiro atoms. The molecule has 2 atom stereocenters. The van der Waals surface area contributed by atoms with Crippen LogP contribution in [0.4, 0.5) is 0 Å². The zero-order valence-corrected chi connectivity index (χ0v) is 15.7. The summed E-state index contributed by atoms with van der Waals surface area (Å²) in [5, 5.41) is 4.43. The topological polar surface area (TPSA) is 77.2 Å². The van der Waals surface area contributed by atoms with Crippen molar-refractivity contribution < 1.29 is 4.79 Å². The third-order valence-corrected chi connectivity index (χ3v) is 5.80. The van der Waals surface area contributed by atoms with Crippen LogP contribution in [0.5, 0.6) is 0 Å². The van der Waals surface area contributed by atoms with Gasteiger partial charge in [-0.2, -0.15) is 5.10 Å². The maximum atomic E-state index is 12.8. The Morgan fingerprint density at radius 1 is 1.15 bits per heavy atom. The lowest BCUT2D eigenvalue weighted by Gasteiger charge is -2.34. The van der Waals surface area contributed by atoms with Crippen molar-refractivity contribution in [2.45, 2.75) is 45.7 Å². The van der Waals surface area contributed by atoms with Crippen LogP contribution in [-0.2, 0) is 24.3 Å². The van der Waals surface area contributed by atoms with Crippen molar-refractivity contribution in [2.24, 2.45) is 5.92 Å². The predicted molar refractivity (Wildman–Crippen MR) is 101 cm³/mol. The molecule has 0 saturated carbocycles. The van der Waals surface area contributed by atoms with E-state index in [1.807, 2.05) is 36.1 Å². The number of rotatable bonds is 3. The molecule has 0 radical (unpaired) electrons. The maximum Gasteiger partial charge on any atom is 0.332 e. The van der Waals surface area contributed by atoms with Gasteiger partial charge in [0, 0.05) is 32.1 Å². The molecule has 2 aromatic rings. The molecule has 142 valence electrons. The van der Waals surface area contributed by atoms with E-state index in [9.17, 15) is 14.4 Å². The second-order valence-electron chi connectivity index (χ2n) is 7.55. The summed E-state index contributed by atoms with van der Waals surface area (Å²) in [6, 6.07) is 8.02. The summed E-state index contributed by atoms with van der Waals surface area (Å²) in [7, 11) is 0. The Labute approximate surface area is 157 Å². The second-order valence-corrected chi connectivity index (χ2v) is 7.55. The van der Waals surface area contributed by atoms with E-state index in [2.05, 4.69) is 5.10 Å². The van der Waals surface area contributed by atoms with Gasteiger partial charge >= 0.3 is 11.1 Å². The number of fused-ring (bicyclic) bond motifs is 3. The van der Waals surface area contributed by atoms with Gasteiger partial charge in [-0.15, -0.1) is 0 Å². The Bertz CT molecular complexity index is 990. The van der Waals surface area contributed by atoms with Gasteiger partial charge in [0.1, 0.15) is 5.82 Å². The van der Waals surface area contributed by atoms with Crippen LogP contribution in [0.3, 0.4) is 0 Å². The monoisotopic (exact) mass is 368 g/mol. The lowest BCUT2D eigenvalue weighted by molar-refractivity contribution is -0.132. The highest BCUT2D eigenvalue weighted by molar-refractivity contribution is 5.79. The number of likely N-dealkylation sites (tertiary alicyclic amines) is 1. The Hall–Kier alpha value is -2.70. The molecule has 0 unspecified atom stereocenters. The average molecular weight is 368 g/mol. The molecule has 1 saturated heterocycles. The van der Waals surface area contributed by atoms with Crippen molar-refractivity contribution in [1.29, 1.82) is 0 Å². The quantitative estimate of drug-likeness (QED) is 0.755. The Morgan fingerprint density at radius 3 is 2.59 bits per heavy atom. The summed E-state index contributed by atoms with van der Waals surface area (Å²) < 4.78 is 2.77.